The number of fused-ring (bicyclic) bond motifs is 1. The molecule has 1 heterocycles. The van der Waals surface area contributed by atoms with Gasteiger partial charge in [0.05, 0.1) is 5.69 Å². The number of halogens is 1. The van der Waals surface area contributed by atoms with Gasteiger partial charge in [-0.05, 0) is 30.7 Å². The van der Waals surface area contributed by atoms with E-state index in [4.69, 9.17) is 5.73 Å². The van der Waals surface area contributed by atoms with Gasteiger partial charge < -0.3 is 5.73 Å². The fraction of sp³-hybridized carbons (Fsp3) is 0.200. The molecule has 0 spiro atoms. The zero-order valence-corrected chi connectivity index (χ0v) is 7.13. The molecule has 0 amide bonds. The molecule has 1 radical (unpaired) electrons. The van der Waals surface area contributed by atoms with E-state index in [1.807, 2.05) is 0 Å². The van der Waals surface area contributed by atoms with Crippen molar-refractivity contribution in [2.75, 3.05) is 6.54 Å². The maximum atomic E-state index is 12.8. The Hall–Kier alpha value is -1.35. The van der Waals surface area contributed by atoms with E-state index in [9.17, 15) is 4.39 Å². The predicted molar refractivity (Wildman–Crippen MR) is 49.8 cm³/mol. The van der Waals surface area contributed by atoms with Crippen LogP contribution in [0, 0.1) is 5.82 Å². The lowest BCUT2D eigenvalue weighted by atomic mass is 10.0. The Balaban J connectivity index is 2.34. The lowest BCUT2D eigenvalue weighted by Gasteiger charge is -2.01. The standard InChI is InChI=1S/C10H10FN2/c11-8-1-2-9-7(3-4-12)6-13-10(9)5-8/h1-2,5-6H,3-4,12H2. The molecule has 0 aromatic heterocycles. The van der Waals surface area contributed by atoms with Crippen molar-refractivity contribution in [1.82, 2.24) is 5.32 Å². The van der Waals surface area contributed by atoms with Crippen LogP contribution in [0.15, 0.2) is 24.4 Å². The maximum absolute atomic E-state index is 12.8. The summed E-state index contributed by atoms with van der Waals surface area (Å²) in [5, 5.41) is 4.10. The molecule has 0 unspecified atom stereocenters. The fourth-order valence-corrected chi connectivity index (χ4v) is 1.45. The van der Waals surface area contributed by atoms with Crippen LogP contribution in [0.4, 0.5) is 10.1 Å². The van der Waals surface area contributed by atoms with Crippen molar-refractivity contribution in [3.8, 4) is 0 Å². The third-order valence-electron chi connectivity index (χ3n) is 2.08. The second-order valence-electron chi connectivity index (χ2n) is 2.98. The lowest BCUT2D eigenvalue weighted by Crippen LogP contribution is -1.98. The Labute approximate surface area is 76.3 Å². The molecule has 2 N–H and O–H groups in total. The van der Waals surface area contributed by atoms with Crippen LogP contribution in [0.3, 0.4) is 0 Å². The quantitative estimate of drug-likeness (QED) is 0.734. The van der Waals surface area contributed by atoms with Gasteiger partial charge in [-0.3, -0.25) is 5.32 Å². The van der Waals surface area contributed by atoms with Crippen molar-refractivity contribution in [1.29, 1.82) is 0 Å². The zero-order valence-electron chi connectivity index (χ0n) is 7.13. The summed E-state index contributed by atoms with van der Waals surface area (Å²) >= 11 is 0. The molecule has 0 saturated carbocycles. The average molecular weight is 177 g/mol. The molecule has 0 saturated heterocycles. The second kappa shape index (κ2) is 3.18. The second-order valence-corrected chi connectivity index (χ2v) is 2.98. The Kier molecular flexibility index (Phi) is 2.02. The van der Waals surface area contributed by atoms with Crippen LogP contribution >= 0.6 is 0 Å². The molecule has 1 aromatic carbocycles. The average Bonchev–Trinajstić information content (AvgIpc) is 2.49. The van der Waals surface area contributed by atoms with Crippen molar-refractivity contribution in [3.05, 3.63) is 35.8 Å². The maximum Gasteiger partial charge on any atom is 0.125 e. The van der Waals surface area contributed by atoms with E-state index in [1.54, 1.807) is 12.3 Å². The summed E-state index contributed by atoms with van der Waals surface area (Å²) in [6.07, 6.45) is 2.55. The van der Waals surface area contributed by atoms with Crippen molar-refractivity contribution < 1.29 is 4.39 Å². The minimum Gasteiger partial charge on any atom is -0.330 e. The van der Waals surface area contributed by atoms with Crippen LogP contribution in [0.1, 0.15) is 12.0 Å². The van der Waals surface area contributed by atoms with Crippen LogP contribution in [-0.4, -0.2) is 6.54 Å². The molecule has 0 fully saturated rings. The Morgan fingerprint density at radius 2 is 2.23 bits per heavy atom. The molecule has 3 heteroatoms. The van der Waals surface area contributed by atoms with Gasteiger partial charge in [0.2, 0.25) is 0 Å². The Bertz CT molecular complexity index is 358. The lowest BCUT2D eigenvalue weighted by molar-refractivity contribution is 0.627. The molecule has 67 valence electrons. The molecular formula is C10H10FN2. The summed E-state index contributed by atoms with van der Waals surface area (Å²) in [6, 6.07) is 4.64. The monoisotopic (exact) mass is 177 g/mol. The minimum absolute atomic E-state index is 0.245. The van der Waals surface area contributed by atoms with Gasteiger partial charge in [-0.2, -0.15) is 0 Å². The van der Waals surface area contributed by atoms with Gasteiger partial charge >= 0.3 is 0 Å². The first-order chi connectivity index (χ1) is 6.31. The normalized spacial score (nSPS) is 13.5. The first-order valence-electron chi connectivity index (χ1n) is 4.21. The van der Waals surface area contributed by atoms with Crippen molar-refractivity contribution in [3.63, 3.8) is 0 Å². The van der Waals surface area contributed by atoms with Crippen LogP contribution in [0.5, 0.6) is 0 Å². The number of hydrogen-bond acceptors (Lipinski definition) is 1. The summed E-state index contributed by atoms with van der Waals surface area (Å²) in [6.45, 7) is 0.595. The van der Waals surface area contributed by atoms with Crippen LogP contribution < -0.4 is 11.1 Å². The molecular weight excluding hydrogens is 167 g/mol. The smallest absolute Gasteiger partial charge is 0.125 e. The number of nitrogens with two attached hydrogens (primary N) is 1. The third kappa shape index (κ3) is 1.42. The van der Waals surface area contributed by atoms with E-state index in [0.29, 0.717) is 12.2 Å². The van der Waals surface area contributed by atoms with Gasteiger partial charge in [0, 0.05) is 17.8 Å². The van der Waals surface area contributed by atoms with E-state index in [2.05, 4.69) is 5.32 Å². The number of hydrogen-bond donors (Lipinski definition) is 1. The molecule has 0 atom stereocenters. The number of benzene rings is 1. The molecule has 0 aliphatic carbocycles. The topological polar surface area (TPSA) is 40.1 Å². The zero-order chi connectivity index (χ0) is 9.26. The van der Waals surface area contributed by atoms with E-state index in [0.717, 1.165) is 17.6 Å². The van der Waals surface area contributed by atoms with Gasteiger partial charge in [0.15, 0.2) is 0 Å². The number of nitrogens with zero attached hydrogens (tertiary/aromatic N) is 1. The summed E-state index contributed by atoms with van der Waals surface area (Å²) in [5.41, 5.74) is 8.25. The highest BCUT2D eigenvalue weighted by Crippen LogP contribution is 2.32. The van der Waals surface area contributed by atoms with E-state index < -0.39 is 0 Å². The molecule has 1 aliphatic heterocycles. The highest BCUT2D eigenvalue weighted by atomic mass is 19.1. The van der Waals surface area contributed by atoms with Gasteiger partial charge in [-0.1, -0.05) is 0 Å². The molecule has 13 heavy (non-hydrogen) atoms. The van der Waals surface area contributed by atoms with Crippen molar-refractivity contribution in [2.45, 2.75) is 6.42 Å². The highest BCUT2D eigenvalue weighted by Gasteiger charge is 2.14. The van der Waals surface area contributed by atoms with Crippen LogP contribution in [0.2, 0.25) is 0 Å². The van der Waals surface area contributed by atoms with Crippen LogP contribution in [0.25, 0.3) is 5.57 Å². The Morgan fingerprint density at radius 3 is 3.00 bits per heavy atom. The molecule has 2 rings (SSSR count). The Morgan fingerprint density at radius 1 is 1.38 bits per heavy atom. The van der Waals surface area contributed by atoms with Gasteiger partial charge in [0.1, 0.15) is 5.82 Å². The first kappa shape index (κ1) is 8.26. The van der Waals surface area contributed by atoms with Crippen LogP contribution in [-0.2, 0) is 0 Å². The number of rotatable bonds is 2. The predicted octanol–water partition coefficient (Wildman–Crippen LogP) is 1.76. The largest absolute Gasteiger partial charge is 0.330 e. The van der Waals surface area contributed by atoms with Gasteiger partial charge in [-0.15, -0.1) is 0 Å². The minimum atomic E-state index is -0.245. The fourth-order valence-electron chi connectivity index (χ4n) is 1.45. The molecule has 0 bridgehead atoms. The van der Waals surface area contributed by atoms with Gasteiger partial charge in [0.25, 0.3) is 0 Å². The SMILES string of the molecule is NCCC1=C[N]c2cc(F)ccc21. The summed E-state index contributed by atoms with van der Waals surface area (Å²) in [7, 11) is 0. The summed E-state index contributed by atoms with van der Waals surface area (Å²) in [4.78, 5) is 0. The van der Waals surface area contributed by atoms with E-state index in [-0.39, 0.29) is 5.82 Å². The van der Waals surface area contributed by atoms with Crippen molar-refractivity contribution in [2.24, 2.45) is 5.73 Å². The molecule has 2 nitrogen and oxygen atoms in total. The van der Waals surface area contributed by atoms with Gasteiger partial charge in [-0.25, -0.2) is 4.39 Å². The third-order valence-corrected chi connectivity index (χ3v) is 2.08. The molecule has 1 aromatic rings. The van der Waals surface area contributed by atoms with Crippen molar-refractivity contribution >= 4 is 11.3 Å². The summed E-state index contributed by atoms with van der Waals surface area (Å²) < 4.78 is 12.8. The molecule has 1 aliphatic rings. The summed E-state index contributed by atoms with van der Waals surface area (Å²) in [5.74, 6) is -0.245. The van der Waals surface area contributed by atoms with E-state index >= 15 is 0 Å². The highest BCUT2D eigenvalue weighted by molar-refractivity contribution is 5.79. The first-order valence-corrected chi connectivity index (χ1v) is 4.21. The van der Waals surface area contributed by atoms with E-state index in [1.165, 1.54) is 12.1 Å².